The topological polar surface area (TPSA) is 35.5 Å². The van der Waals surface area contributed by atoms with E-state index in [1.54, 1.807) is 25.3 Å². The maximum atomic E-state index is 10.6. The van der Waals surface area contributed by atoms with E-state index in [1.807, 2.05) is 0 Å². The third kappa shape index (κ3) is 1.74. The fourth-order valence-electron chi connectivity index (χ4n) is 0.868. The molecule has 4 heteroatoms. The Morgan fingerprint density at radius 3 is 2.50 bits per heavy atom. The second-order valence-electron chi connectivity index (χ2n) is 2.13. The van der Waals surface area contributed by atoms with Crippen LogP contribution in [0.3, 0.4) is 0 Å². The monoisotopic (exact) mass is 184 g/mol. The SMILES string of the molecule is COc1ccc(OC)c(P=O)c1. The van der Waals surface area contributed by atoms with E-state index in [4.69, 9.17) is 9.47 Å². The summed E-state index contributed by atoms with van der Waals surface area (Å²) in [4.78, 5) is 0. The van der Waals surface area contributed by atoms with Gasteiger partial charge >= 0.3 is 0 Å². The van der Waals surface area contributed by atoms with Crippen molar-refractivity contribution in [3.05, 3.63) is 18.2 Å². The van der Waals surface area contributed by atoms with E-state index in [0.717, 1.165) is 0 Å². The molecule has 0 aliphatic heterocycles. The summed E-state index contributed by atoms with van der Waals surface area (Å²) in [7, 11) is 3.04. The summed E-state index contributed by atoms with van der Waals surface area (Å²) < 4.78 is 20.5. The van der Waals surface area contributed by atoms with Crippen molar-refractivity contribution in [1.82, 2.24) is 0 Å². The molecule has 0 bridgehead atoms. The minimum Gasteiger partial charge on any atom is -0.497 e. The van der Waals surface area contributed by atoms with Crippen molar-refractivity contribution in [3.63, 3.8) is 0 Å². The smallest absolute Gasteiger partial charge is 0.196 e. The highest BCUT2D eigenvalue weighted by Crippen LogP contribution is 2.18. The first-order valence-corrected chi connectivity index (χ1v) is 4.18. The molecule has 0 heterocycles. The third-order valence-corrected chi connectivity index (χ3v) is 2.03. The predicted molar refractivity (Wildman–Crippen MR) is 46.8 cm³/mol. The fraction of sp³-hybridized carbons (Fsp3) is 0.250. The third-order valence-electron chi connectivity index (χ3n) is 1.48. The number of hydrogen-bond acceptors (Lipinski definition) is 3. The van der Waals surface area contributed by atoms with Gasteiger partial charge in [-0.15, -0.1) is 0 Å². The first kappa shape index (κ1) is 9.01. The lowest BCUT2D eigenvalue weighted by Gasteiger charge is -2.04. The van der Waals surface area contributed by atoms with Crippen molar-refractivity contribution < 1.29 is 14.0 Å². The molecule has 0 atom stereocenters. The van der Waals surface area contributed by atoms with Crippen molar-refractivity contribution in [1.29, 1.82) is 0 Å². The molecule has 0 saturated carbocycles. The molecule has 0 unspecified atom stereocenters. The highest BCUT2D eigenvalue weighted by Gasteiger charge is 2.03. The summed E-state index contributed by atoms with van der Waals surface area (Å²) >= 11 is 0. The van der Waals surface area contributed by atoms with E-state index in [-0.39, 0.29) is 8.46 Å². The van der Waals surface area contributed by atoms with Crippen LogP contribution in [0.15, 0.2) is 18.2 Å². The van der Waals surface area contributed by atoms with Gasteiger partial charge in [0.15, 0.2) is 8.46 Å². The Balaban J connectivity index is 3.10. The largest absolute Gasteiger partial charge is 0.497 e. The second-order valence-corrected chi connectivity index (χ2v) is 2.79. The average Bonchev–Trinajstić information content (AvgIpc) is 2.16. The van der Waals surface area contributed by atoms with Crippen molar-refractivity contribution in [2.45, 2.75) is 0 Å². The van der Waals surface area contributed by atoms with Crippen LogP contribution in [-0.4, -0.2) is 14.2 Å². The van der Waals surface area contributed by atoms with E-state index in [2.05, 4.69) is 0 Å². The van der Waals surface area contributed by atoms with Crippen LogP contribution in [-0.2, 0) is 4.57 Å². The summed E-state index contributed by atoms with van der Waals surface area (Å²) in [6.45, 7) is 0. The summed E-state index contributed by atoms with van der Waals surface area (Å²) in [6.07, 6.45) is 0. The van der Waals surface area contributed by atoms with Crippen LogP contribution in [0.5, 0.6) is 11.5 Å². The molecule has 1 rings (SSSR count). The molecule has 0 radical (unpaired) electrons. The standard InChI is InChI=1S/C8H9O3P/c1-10-6-3-4-7(11-2)8(5-6)12-9/h3-5H,1-2H3. The Hall–Kier alpha value is -1.08. The summed E-state index contributed by atoms with van der Waals surface area (Å²) in [5.74, 6) is 1.28. The molecular formula is C8H9O3P. The van der Waals surface area contributed by atoms with Crippen molar-refractivity contribution in [3.8, 4) is 11.5 Å². The Kier molecular flexibility index (Phi) is 3.06. The van der Waals surface area contributed by atoms with Gasteiger partial charge in [0.1, 0.15) is 11.5 Å². The van der Waals surface area contributed by atoms with E-state index in [9.17, 15) is 4.57 Å². The number of ether oxygens (including phenoxy) is 2. The van der Waals surface area contributed by atoms with E-state index in [1.165, 1.54) is 7.11 Å². The van der Waals surface area contributed by atoms with E-state index < -0.39 is 0 Å². The van der Waals surface area contributed by atoms with Gasteiger partial charge in [-0.3, -0.25) is 4.57 Å². The van der Waals surface area contributed by atoms with Gasteiger partial charge in [0.25, 0.3) is 0 Å². The fourth-order valence-corrected chi connectivity index (χ4v) is 1.30. The molecule has 0 spiro atoms. The normalized spacial score (nSPS) is 9.83. The number of hydrogen-bond donors (Lipinski definition) is 0. The van der Waals surface area contributed by atoms with E-state index in [0.29, 0.717) is 16.8 Å². The highest BCUT2D eigenvalue weighted by atomic mass is 31.1. The molecule has 0 N–H and O–H groups in total. The Labute approximate surface area is 72.5 Å². The van der Waals surface area contributed by atoms with Gasteiger partial charge in [-0.05, 0) is 18.2 Å². The van der Waals surface area contributed by atoms with Gasteiger partial charge in [0.05, 0.1) is 19.5 Å². The van der Waals surface area contributed by atoms with Gasteiger partial charge in [0.2, 0.25) is 0 Å². The molecule has 0 amide bonds. The van der Waals surface area contributed by atoms with Gasteiger partial charge < -0.3 is 9.47 Å². The lowest BCUT2D eigenvalue weighted by atomic mass is 10.3. The summed E-state index contributed by atoms with van der Waals surface area (Å²) in [6, 6.07) is 5.15. The molecule has 0 aromatic heterocycles. The number of methoxy groups -OCH3 is 2. The Morgan fingerprint density at radius 2 is 2.00 bits per heavy atom. The zero-order chi connectivity index (χ0) is 8.97. The zero-order valence-corrected chi connectivity index (χ0v) is 7.80. The number of rotatable bonds is 3. The van der Waals surface area contributed by atoms with Gasteiger partial charge in [-0.25, -0.2) is 0 Å². The maximum absolute atomic E-state index is 10.6. The molecule has 0 fully saturated rings. The molecule has 1 aromatic carbocycles. The molecule has 12 heavy (non-hydrogen) atoms. The van der Waals surface area contributed by atoms with Crippen LogP contribution in [0.4, 0.5) is 0 Å². The van der Waals surface area contributed by atoms with Crippen LogP contribution >= 0.6 is 8.46 Å². The molecule has 1 aromatic rings. The molecule has 0 aliphatic rings. The van der Waals surface area contributed by atoms with Crippen LogP contribution in [0.25, 0.3) is 0 Å². The number of benzene rings is 1. The Morgan fingerprint density at radius 1 is 1.25 bits per heavy atom. The van der Waals surface area contributed by atoms with Crippen molar-refractivity contribution >= 4 is 13.8 Å². The van der Waals surface area contributed by atoms with Crippen LogP contribution < -0.4 is 14.8 Å². The van der Waals surface area contributed by atoms with Gasteiger partial charge in [-0.1, -0.05) is 0 Å². The zero-order valence-electron chi connectivity index (χ0n) is 6.90. The van der Waals surface area contributed by atoms with Crippen molar-refractivity contribution in [2.75, 3.05) is 14.2 Å². The van der Waals surface area contributed by atoms with Crippen LogP contribution in [0.1, 0.15) is 0 Å². The maximum Gasteiger partial charge on any atom is 0.196 e. The molecule has 3 nitrogen and oxygen atoms in total. The lowest BCUT2D eigenvalue weighted by Crippen LogP contribution is -1.99. The summed E-state index contributed by atoms with van der Waals surface area (Å²) in [5.41, 5.74) is 0. The minimum atomic E-state index is -0.0627. The first-order chi connectivity index (χ1) is 5.81. The van der Waals surface area contributed by atoms with E-state index >= 15 is 0 Å². The van der Waals surface area contributed by atoms with Crippen molar-refractivity contribution in [2.24, 2.45) is 0 Å². The average molecular weight is 184 g/mol. The molecular weight excluding hydrogens is 175 g/mol. The van der Waals surface area contributed by atoms with Gasteiger partial charge in [-0.2, -0.15) is 0 Å². The minimum absolute atomic E-state index is 0.0627. The quantitative estimate of drug-likeness (QED) is 0.669. The predicted octanol–water partition coefficient (Wildman–Crippen LogP) is 1.62. The lowest BCUT2D eigenvalue weighted by molar-refractivity contribution is 0.406. The molecule has 0 saturated heterocycles. The van der Waals surface area contributed by atoms with Crippen LogP contribution in [0.2, 0.25) is 0 Å². The highest BCUT2D eigenvalue weighted by molar-refractivity contribution is 7.34. The Bertz CT molecular complexity index is 286. The first-order valence-electron chi connectivity index (χ1n) is 3.37. The summed E-state index contributed by atoms with van der Waals surface area (Å²) in [5, 5.41) is 0.594. The molecule has 64 valence electrons. The second kappa shape index (κ2) is 4.07. The van der Waals surface area contributed by atoms with Gasteiger partial charge in [0, 0.05) is 0 Å². The molecule has 0 aliphatic carbocycles. The van der Waals surface area contributed by atoms with Crippen LogP contribution in [0, 0.1) is 0 Å².